The lowest BCUT2D eigenvalue weighted by molar-refractivity contribution is 0.0901. The maximum absolute atomic E-state index is 12.1. The molecular formula is C11H22N2O3S. The minimum absolute atomic E-state index is 0.0429. The Balaban J connectivity index is 1.91. The Morgan fingerprint density at radius 2 is 2.18 bits per heavy atom. The molecule has 3 unspecified atom stereocenters. The van der Waals surface area contributed by atoms with Gasteiger partial charge in [0.2, 0.25) is 10.0 Å². The van der Waals surface area contributed by atoms with Crippen molar-refractivity contribution in [3.63, 3.8) is 0 Å². The number of rotatable bonds is 4. The molecule has 17 heavy (non-hydrogen) atoms. The van der Waals surface area contributed by atoms with Gasteiger partial charge in [0.15, 0.2) is 0 Å². The van der Waals surface area contributed by atoms with Crippen LogP contribution < -0.4 is 10.0 Å². The molecule has 2 aliphatic heterocycles. The molecule has 0 aromatic heterocycles. The standard InChI is InChI=1S/C11H22N2O3S/c1-9(11-5-3-7-16-11)13-17(14,15)10-4-2-6-12-8-10/h9-13H,2-8H2,1H3. The molecule has 2 heterocycles. The summed E-state index contributed by atoms with van der Waals surface area (Å²) in [5, 5.41) is 2.84. The van der Waals surface area contributed by atoms with Gasteiger partial charge in [-0.05, 0) is 39.2 Å². The lowest BCUT2D eigenvalue weighted by Gasteiger charge is -2.26. The first-order valence-corrected chi connectivity index (χ1v) is 7.98. The van der Waals surface area contributed by atoms with Gasteiger partial charge in [0.05, 0.1) is 11.4 Å². The summed E-state index contributed by atoms with van der Waals surface area (Å²) in [6.45, 7) is 4.13. The van der Waals surface area contributed by atoms with Crippen molar-refractivity contribution in [2.75, 3.05) is 19.7 Å². The SMILES string of the molecule is CC(NS(=O)(=O)C1CCCNC1)C1CCCO1. The Morgan fingerprint density at radius 1 is 1.35 bits per heavy atom. The molecule has 0 aromatic rings. The lowest BCUT2D eigenvalue weighted by atomic mass is 10.1. The monoisotopic (exact) mass is 262 g/mol. The van der Waals surface area contributed by atoms with Crippen molar-refractivity contribution in [3.05, 3.63) is 0 Å². The van der Waals surface area contributed by atoms with E-state index in [4.69, 9.17) is 4.74 Å². The number of ether oxygens (including phenoxy) is 1. The third-order valence-electron chi connectivity index (χ3n) is 3.56. The molecule has 5 nitrogen and oxygen atoms in total. The van der Waals surface area contributed by atoms with Crippen molar-refractivity contribution in [3.8, 4) is 0 Å². The first kappa shape index (κ1) is 13.3. The van der Waals surface area contributed by atoms with Crippen molar-refractivity contribution in [1.82, 2.24) is 10.0 Å². The van der Waals surface area contributed by atoms with Crippen molar-refractivity contribution >= 4 is 10.0 Å². The summed E-state index contributed by atoms with van der Waals surface area (Å²) in [7, 11) is -3.21. The average molecular weight is 262 g/mol. The van der Waals surface area contributed by atoms with E-state index >= 15 is 0 Å². The number of nitrogens with one attached hydrogen (secondary N) is 2. The van der Waals surface area contributed by atoms with E-state index in [0.29, 0.717) is 6.54 Å². The van der Waals surface area contributed by atoms with Gasteiger partial charge in [-0.3, -0.25) is 0 Å². The molecule has 0 saturated carbocycles. The second-order valence-corrected chi connectivity index (χ2v) is 6.96. The topological polar surface area (TPSA) is 67.4 Å². The fourth-order valence-electron chi connectivity index (χ4n) is 2.51. The van der Waals surface area contributed by atoms with E-state index in [1.807, 2.05) is 6.92 Å². The summed E-state index contributed by atoms with van der Waals surface area (Å²) in [4.78, 5) is 0. The Labute approximate surface area is 103 Å². The highest BCUT2D eigenvalue weighted by Gasteiger charge is 2.31. The van der Waals surface area contributed by atoms with Crippen LogP contribution in [0, 0.1) is 0 Å². The van der Waals surface area contributed by atoms with E-state index in [0.717, 1.165) is 38.8 Å². The number of hydrogen-bond acceptors (Lipinski definition) is 4. The van der Waals surface area contributed by atoms with Gasteiger partial charge in [0, 0.05) is 19.2 Å². The van der Waals surface area contributed by atoms with Gasteiger partial charge in [0.1, 0.15) is 0 Å². The minimum atomic E-state index is -3.21. The molecule has 2 aliphatic rings. The second kappa shape index (κ2) is 5.65. The molecular weight excluding hydrogens is 240 g/mol. The molecule has 2 N–H and O–H groups in total. The van der Waals surface area contributed by atoms with Crippen molar-refractivity contribution in [2.45, 2.75) is 50.0 Å². The maximum atomic E-state index is 12.1. The van der Waals surface area contributed by atoms with Crippen LogP contribution in [-0.2, 0) is 14.8 Å². The highest BCUT2D eigenvalue weighted by Crippen LogP contribution is 2.18. The van der Waals surface area contributed by atoms with Crippen LogP contribution in [0.3, 0.4) is 0 Å². The summed E-state index contributed by atoms with van der Waals surface area (Å²) < 4.78 is 32.6. The van der Waals surface area contributed by atoms with E-state index in [9.17, 15) is 8.42 Å². The summed E-state index contributed by atoms with van der Waals surface area (Å²) in [6.07, 6.45) is 3.70. The van der Waals surface area contributed by atoms with Gasteiger partial charge < -0.3 is 10.1 Å². The van der Waals surface area contributed by atoms with Crippen LogP contribution in [0.25, 0.3) is 0 Å². The number of hydrogen-bond donors (Lipinski definition) is 2. The zero-order chi connectivity index (χ0) is 12.3. The predicted molar refractivity (Wildman–Crippen MR) is 66.4 cm³/mol. The molecule has 100 valence electrons. The summed E-state index contributed by atoms with van der Waals surface area (Å²) in [5.74, 6) is 0. The fourth-order valence-corrected chi connectivity index (χ4v) is 4.19. The lowest BCUT2D eigenvalue weighted by Crippen LogP contribution is -2.49. The van der Waals surface area contributed by atoms with Crippen molar-refractivity contribution < 1.29 is 13.2 Å². The van der Waals surface area contributed by atoms with Crippen LogP contribution in [0.2, 0.25) is 0 Å². The van der Waals surface area contributed by atoms with Crippen LogP contribution in [0.1, 0.15) is 32.6 Å². The summed E-state index contributed by atoms with van der Waals surface area (Å²) in [5.41, 5.74) is 0. The van der Waals surface area contributed by atoms with E-state index < -0.39 is 10.0 Å². The van der Waals surface area contributed by atoms with Crippen LogP contribution in [-0.4, -0.2) is 45.5 Å². The molecule has 2 rings (SSSR count). The number of sulfonamides is 1. The zero-order valence-corrected chi connectivity index (χ0v) is 11.1. The molecule has 6 heteroatoms. The zero-order valence-electron chi connectivity index (χ0n) is 10.3. The molecule has 0 aromatic carbocycles. The summed E-state index contributed by atoms with van der Waals surface area (Å²) >= 11 is 0. The second-order valence-electron chi connectivity index (χ2n) is 4.97. The third-order valence-corrected chi connectivity index (χ3v) is 5.54. The molecule has 3 atom stereocenters. The van der Waals surface area contributed by atoms with Crippen LogP contribution in [0.5, 0.6) is 0 Å². The maximum Gasteiger partial charge on any atom is 0.216 e. The Bertz CT molecular complexity index is 333. The first-order valence-electron chi connectivity index (χ1n) is 6.43. The number of piperidine rings is 1. The van der Waals surface area contributed by atoms with E-state index in [2.05, 4.69) is 10.0 Å². The van der Waals surface area contributed by atoms with Crippen molar-refractivity contribution in [2.24, 2.45) is 0 Å². The molecule has 2 fully saturated rings. The van der Waals surface area contributed by atoms with E-state index in [1.165, 1.54) is 0 Å². The van der Waals surface area contributed by atoms with Crippen LogP contribution >= 0.6 is 0 Å². The molecule has 0 spiro atoms. The molecule has 0 aliphatic carbocycles. The third kappa shape index (κ3) is 3.40. The molecule has 2 saturated heterocycles. The molecule has 0 radical (unpaired) electrons. The molecule has 0 amide bonds. The first-order chi connectivity index (χ1) is 8.09. The van der Waals surface area contributed by atoms with Gasteiger partial charge in [-0.1, -0.05) is 0 Å². The Hall–Kier alpha value is -0.170. The molecule has 0 bridgehead atoms. The Morgan fingerprint density at radius 3 is 2.76 bits per heavy atom. The minimum Gasteiger partial charge on any atom is -0.377 e. The predicted octanol–water partition coefficient (Wildman–Crippen LogP) is 0.225. The normalized spacial score (nSPS) is 32.5. The fraction of sp³-hybridized carbons (Fsp3) is 1.00. The van der Waals surface area contributed by atoms with Gasteiger partial charge in [-0.25, -0.2) is 13.1 Å². The van der Waals surface area contributed by atoms with E-state index in [1.54, 1.807) is 0 Å². The largest absolute Gasteiger partial charge is 0.377 e. The van der Waals surface area contributed by atoms with Gasteiger partial charge in [0.25, 0.3) is 0 Å². The average Bonchev–Trinajstić information content (AvgIpc) is 2.83. The van der Waals surface area contributed by atoms with Gasteiger partial charge >= 0.3 is 0 Å². The Kier molecular flexibility index (Phi) is 4.41. The van der Waals surface area contributed by atoms with Gasteiger partial charge in [-0.15, -0.1) is 0 Å². The quantitative estimate of drug-likeness (QED) is 0.761. The highest BCUT2D eigenvalue weighted by atomic mass is 32.2. The smallest absolute Gasteiger partial charge is 0.216 e. The van der Waals surface area contributed by atoms with E-state index in [-0.39, 0.29) is 17.4 Å². The van der Waals surface area contributed by atoms with Crippen LogP contribution in [0.4, 0.5) is 0 Å². The highest BCUT2D eigenvalue weighted by molar-refractivity contribution is 7.90. The van der Waals surface area contributed by atoms with Crippen molar-refractivity contribution in [1.29, 1.82) is 0 Å². The van der Waals surface area contributed by atoms with Gasteiger partial charge in [-0.2, -0.15) is 0 Å². The van der Waals surface area contributed by atoms with Crippen LogP contribution in [0.15, 0.2) is 0 Å². The summed E-state index contributed by atoms with van der Waals surface area (Å²) in [6, 6.07) is -0.121.